The Labute approximate surface area is 172 Å². The number of carbonyl (C=O) groups is 2. The molecule has 1 amide bonds. The van der Waals surface area contributed by atoms with Gasteiger partial charge in [-0.15, -0.1) is 0 Å². The third-order valence-electron chi connectivity index (χ3n) is 3.49. The van der Waals surface area contributed by atoms with Crippen molar-refractivity contribution < 1.29 is 31.9 Å². The van der Waals surface area contributed by atoms with Crippen LogP contribution in [0.25, 0.3) is 0 Å². The van der Waals surface area contributed by atoms with Gasteiger partial charge in [-0.3, -0.25) is 4.79 Å². The Morgan fingerprint density at radius 1 is 1.25 bits per heavy atom. The third kappa shape index (κ3) is 7.78. The fourth-order valence-corrected chi connectivity index (χ4v) is 2.86. The number of alkyl halides is 3. The number of halogens is 3. The molecule has 0 unspecified atom stereocenters. The molecule has 0 aliphatic heterocycles. The molecule has 158 valence electrons. The van der Waals surface area contributed by atoms with Gasteiger partial charge in [0.1, 0.15) is 6.67 Å². The monoisotopic (exact) mass is 458 g/mol. The summed E-state index contributed by atoms with van der Waals surface area (Å²) in [6.07, 6.45) is -1.01. The molecule has 8 nitrogen and oxygen atoms in total. The van der Waals surface area contributed by atoms with E-state index in [1.54, 1.807) is 0 Å². The summed E-state index contributed by atoms with van der Waals surface area (Å²) in [6, 6.07) is 3.87. The topological polar surface area (TPSA) is 125 Å². The predicted molar refractivity (Wildman–Crippen MR) is 102 cm³/mol. The Morgan fingerprint density at radius 3 is 2.32 bits per heavy atom. The van der Waals surface area contributed by atoms with Crippen molar-refractivity contribution in [2.75, 3.05) is 26.1 Å². The highest BCUT2D eigenvalue weighted by atomic mass is 35.5. The van der Waals surface area contributed by atoms with Gasteiger partial charge in [0.15, 0.2) is 20.8 Å². The number of amides is 1. The second-order valence-corrected chi connectivity index (χ2v) is 8.80. The summed E-state index contributed by atoms with van der Waals surface area (Å²) in [4.78, 5) is 22.2. The maximum Gasteiger partial charge on any atom is 0.508 e. The molecule has 1 rings (SSSR count). The van der Waals surface area contributed by atoms with E-state index in [-0.39, 0.29) is 17.1 Å². The molecule has 0 aromatic heterocycles. The zero-order chi connectivity index (χ0) is 21.3. The Hall–Kier alpha value is -1.62. The normalized spacial score (nSPS) is 13.6. The van der Waals surface area contributed by atoms with Crippen LogP contribution < -0.4 is 11.1 Å². The van der Waals surface area contributed by atoms with Crippen LogP contribution in [0.4, 0.5) is 9.18 Å². The van der Waals surface area contributed by atoms with Crippen molar-refractivity contribution >= 4 is 45.1 Å². The average molecular weight is 459 g/mol. The number of ether oxygens (including phenoxy) is 2. The van der Waals surface area contributed by atoms with Crippen molar-refractivity contribution in [1.82, 2.24) is 5.32 Å². The highest BCUT2D eigenvalue weighted by Crippen LogP contribution is 2.25. The maximum atomic E-state index is 13.6. The molecule has 0 heterocycles. The first-order chi connectivity index (χ1) is 13.1. The van der Waals surface area contributed by atoms with E-state index in [1.165, 1.54) is 24.3 Å². The number of sulfone groups is 1. The van der Waals surface area contributed by atoms with Crippen LogP contribution in [0.5, 0.6) is 0 Å². The number of hydrogen-bond acceptors (Lipinski definition) is 7. The molecule has 3 N–H and O–H groups in total. The quantitative estimate of drug-likeness (QED) is 0.311. The summed E-state index contributed by atoms with van der Waals surface area (Å²) in [5.41, 5.74) is 5.53. The van der Waals surface area contributed by atoms with E-state index < -0.39 is 45.6 Å². The lowest BCUT2D eigenvalue weighted by Gasteiger charge is -2.26. The van der Waals surface area contributed by atoms with Gasteiger partial charge in [-0.25, -0.2) is 17.6 Å². The standard InChI is InChI=1S/C16H21Cl2FN2O6S/c1-28(24,25)11-5-3-10(4-6-11)13(27-16(23)26-8-2-7-20)12(9-19)21-15(22)14(17)18/h3-6,12-14H,2,7-9,20H2,1H3,(H,21,22)/t12-,13-/m1/s1. The average Bonchev–Trinajstić information content (AvgIpc) is 2.63. The van der Waals surface area contributed by atoms with E-state index in [0.717, 1.165) is 6.26 Å². The zero-order valence-electron chi connectivity index (χ0n) is 14.9. The van der Waals surface area contributed by atoms with Crippen molar-refractivity contribution in [3.05, 3.63) is 29.8 Å². The molecule has 0 fully saturated rings. The molecule has 0 spiro atoms. The van der Waals surface area contributed by atoms with Crippen LogP contribution in [-0.4, -0.2) is 57.4 Å². The third-order valence-corrected chi connectivity index (χ3v) is 5.01. The van der Waals surface area contributed by atoms with E-state index in [1.807, 2.05) is 0 Å². The Morgan fingerprint density at radius 2 is 1.86 bits per heavy atom. The van der Waals surface area contributed by atoms with Gasteiger partial charge in [0.2, 0.25) is 0 Å². The van der Waals surface area contributed by atoms with E-state index in [9.17, 15) is 22.4 Å². The highest BCUT2D eigenvalue weighted by Gasteiger charge is 2.31. The van der Waals surface area contributed by atoms with Crippen molar-refractivity contribution in [1.29, 1.82) is 0 Å². The molecule has 12 heteroatoms. The number of rotatable bonds is 10. The first-order valence-corrected chi connectivity index (χ1v) is 10.8. The van der Waals surface area contributed by atoms with Gasteiger partial charge in [-0.2, -0.15) is 0 Å². The summed E-state index contributed by atoms with van der Waals surface area (Å²) >= 11 is 10.9. The number of carbonyl (C=O) groups excluding carboxylic acids is 2. The van der Waals surface area contributed by atoms with Gasteiger partial charge in [0.25, 0.3) is 5.91 Å². The molecule has 0 aliphatic carbocycles. The van der Waals surface area contributed by atoms with E-state index in [0.29, 0.717) is 13.0 Å². The van der Waals surface area contributed by atoms with Gasteiger partial charge in [0, 0.05) is 6.26 Å². The fourth-order valence-electron chi connectivity index (χ4n) is 2.10. The number of nitrogens with one attached hydrogen (secondary N) is 1. The molecule has 0 aliphatic rings. The van der Waals surface area contributed by atoms with Crippen molar-refractivity contribution in [2.45, 2.75) is 28.3 Å². The lowest BCUT2D eigenvalue weighted by molar-refractivity contribution is -0.121. The molecular formula is C16H21Cl2FN2O6S. The van der Waals surface area contributed by atoms with Crippen LogP contribution in [0.15, 0.2) is 29.2 Å². The summed E-state index contributed by atoms with van der Waals surface area (Å²) < 4.78 is 46.8. The largest absolute Gasteiger partial charge is 0.508 e. The van der Waals surface area contributed by atoms with Crippen LogP contribution >= 0.6 is 23.2 Å². The molecule has 28 heavy (non-hydrogen) atoms. The van der Waals surface area contributed by atoms with Crippen LogP contribution in [0, 0.1) is 0 Å². The molecule has 0 saturated carbocycles. The van der Waals surface area contributed by atoms with Crippen molar-refractivity contribution in [2.24, 2.45) is 5.73 Å². The SMILES string of the molecule is CS(=O)(=O)c1ccc([C@@H](OC(=O)OCCCN)[C@@H](CF)NC(=O)C(Cl)Cl)cc1. The number of hydrogen-bond donors (Lipinski definition) is 2. The van der Waals surface area contributed by atoms with Crippen LogP contribution in [-0.2, 0) is 24.1 Å². The lowest BCUT2D eigenvalue weighted by atomic mass is 10.0. The Bertz CT molecular complexity index is 761. The molecule has 0 saturated heterocycles. The molecule has 1 aromatic rings. The van der Waals surface area contributed by atoms with Crippen LogP contribution in [0.1, 0.15) is 18.1 Å². The summed E-state index contributed by atoms with van der Waals surface area (Å²) in [7, 11) is -3.46. The van der Waals surface area contributed by atoms with E-state index in [4.69, 9.17) is 38.4 Å². The fraction of sp³-hybridized carbons (Fsp3) is 0.500. The van der Waals surface area contributed by atoms with Gasteiger partial charge in [0.05, 0.1) is 17.5 Å². The van der Waals surface area contributed by atoms with Gasteiger partial charge in [-0.1, -0.05) is 35.3 Å². The number of nitrogens with two attached hydrogens (primary N) is 1. The van der Waals surface area contributed by atoms with Gasteiger partial charge >= 0.3 is 6.16 Å². The van der Waals surface area contributed by atoms with Gasteiger partial charge < -0.3 is 20.5 Å². The van der Waals surface area contributed by atoms with Crippen LogP contribution in [0.3, 0.4) is 0 Å². The zero-order valence-corrected chi connectivity index (χ0v) is 17.3. The highest BCUT2D eigenvalue weighted by molar-refractivity contribution is 7.90. The lowest BCUT2D eigenvalue weighted by Crippen LogP contribution is -2.44. The molecule has 1 aromatic carbocycles. The van der Waals surface area contributed by atoms with Crippen molar-refractivity contribution in [3.8, 4) is 0 Å². The summed E-state index contributed by atoms with van der Waals surface area (Å²) in [5.74, 6) is -0.885. The molecule has 0 radical (unpaired) electrons. The minimum atomic E-state index is -3.46. The number of benzene rings is 1. The summed E-state index contributed by atoms with van der Waals surface area (Å²) in [6.45, 7) is -0.840. The van der Waals surface area contributed by atoms with Crippen LogP contribution in [0.2, 0.25) is 0 Å². The minimum Gasteiger partial charge on any atom is -0.434 e. The van der Waals surface area contributed by atoms with Gasteiger partial charge in [-0.05, 0) is 30.7 Å². The van der Waals surface area contributed by atoms with Crippen molar-refractivity contribution in [3.63, 3.8) is 0 Å². The molecule has 2 atom stereocenters. The Balaban J connectivity index is 3.11. The van der Waals surface area contributed by atoms with E-state index >= 15 is 0 Å². The Kier molecular flexibility index (Phi) is 9.94. The molecule has 0 bridgehead atoms. The smallest absolute Gasteiger partial charge is 0.434 e. The predicted octanol–water partition coefficient (Wildman–Crippen LogP) is 1.89. The first-order valence-electron chi connectivity index (χ1n) is 8.08. The second kappa shape index (κ2) is 11.4. The maximum absolute atomic E-state index is 13.6. The minimum absolute atomic E-state index is 0.00679. The van der Waals surface area contributed by atoms with E-state index in [2.05, 4.69) is 5.32 Å². The first kappa shape index (κ1) is 24.4. The molecular weight excluding hydrogens is 438 g/mol. The summed E-state index contributed by atoms with van der Waals surface area (Å²) in [5, 5.41) is 2.23. The second-order valence-electron chi connectivity index (χ2n) is 5.69.